The van der Waals surface area contributed by atoms with Gasteiger partial charge in [0, 0.05) is 12.1 Å². The van der Waals surface area contributed by atoms with Crippen LogP contribution < -0.4 is 15.4 Å². The fourth-order valence-electron chi connectivity index (χ4n) is 2.44. The lowest BCUT2D eigenvalue weighted by Crippen LogP contribution is -2.45. The van der Waals surface area contributed by atoms with Gasteiger partial charge in [-0.1, -0.05) is 23.7 Å². The van der Waals surface area contributed by atoms with Crippen molar-refractivity contribution in [3.05, 3.63) is 57.6 Å². The zero-order chi connectivity index (χ0) is 16.6. The van der Waals surface area contributed by atoms with Crippen LogP contribution in [-0.2, 0) is 4.79 Å². The Bertz CT molecular complexity index is 796. The first-order valence-corrected chi connectivity index (χ1v) is 7.11. The molecule has 1 heterocycles. The molecule has 0 saturated heterocycles. The highest BCUT2D eigenvalue weighted by Crippen LogP contribution is 2.41. The molecule has 0 spiro atoms. The fraction of sp³-hybridized carbons (Fsp3) is 0.133. The summed E-state index contributed by atoms with van der Waals surface area (Å²) in [5.41, 5.74) is 6.50. The highest BCUT2D eigenvalue weighted by Gasteiger charge is 2.31. The predicted octanol–water partition coefficient (Wildman–Crippen LogP) is 2.63. The van der Waals surface area contributed by atoms with Crippen LogP contribution in [0.5, 0.6) is 5.75 Å². The van der Waals surface area contributed by atoms with Crippen molar-refractivity contribution >= 4 is 34.6 Å². The highest BCUT2D eigenvalue weighted by atomic mass is 35.5. The van der Waals surface area contributed by atoms with Gasteiger partial charge in [0.1, 0.15) is 5.75 Å². The molecule has 118 valence electrons. The van der Waals surface area contributed by atoms with Crippen LogP contribution in [0.4, 0.5) is 17.1 Å². The number of nitrogens with two attached hydrogens (primary N) is 1. The van der Waals surface area contributed by atoms with Gasteiger partial charge in [0.05, 0.1) is 27.9 Å². The smallest absolute Gasteiger partial charge is 0.271 e. The maximum atomic E-state index is 11.5. The summed E-state index contributed by atoms with van der Waals surface area (Å²) < 4.78 is 5.58. The summed E-state index contributed by atoms with van der Waals surface area (Å²) >= 11 is 6.20. The summed E-state index contributed by atoms with van der Waals surface area (Å²) in [7, 11) is 0. The van der Waals surface area contributed by atoms with E-state index in [0.29, 0.717) is 17.1 Å². The number of non-ortho nitro benzene ring substituents is 1. The Morgan fingerprint density at radius 3 is 2.70 bits per heavy atom. The zero-order valence-corrected chi connectivity index (χ0v) is 12.6. The van der Waals surface area contributed by atoms with E-state index in [-0.39, 0.29) is 17.3 Å². The maximum absolute atomic E-state index is 11.5. The quantitative estimate of drug-likeness (QED) is 0.687. The molecule has 7 nitrogen and oxygen atoms in total. The molecule has 0 unspecified atom stereocenters. The Morgan fingerprint density at radius 2 is 2.04 bits per heavy atom. The predicted molar refractivity (Wildman–Crippen MR) is 85.2 cm³/mol. The molecule has 0 bridgehead atoms. The number of hydrogen-bond donors (Lipinski definition) is 1. The highest BCUT2D eigenvalue weighted by molar-refractivity contribution is 6.33. The van der Waals surface area contributed by atoms with Gasteiger partial charge in [-0.05, 0) is 18.2 Å². The average molecular weight is 334 g/mol. The summed E-state index contributed by atoms with van der Waals surface area (Å²) in [6.45, 7) is 0.171. The first-order chi connectivity index (χ1) is 11.0. The number of carbonyl (C=O) groups excluding carboxylic acids is 1. The van der Waals surface area contributed by atoms with Gasteiger partial charge in [0.15, 0.2) is 6.10 Å². The minimum Gasteiger partial charge on any atom is -0.477 e. The van der Waals surface area contributed by atoms with Crippen LogP contribution in [0.1, 0.15) is 0 Å². The number of anilines is 2. The van der Waals surface area contributed by atoms with E-state index >= 15 is 0 Å². The van der Waals surface area contributed by atoms with Crippen LogP contribution in [0.2, 0.25) is 5.02 Å². The minimum absolute atomic E-state index is 0.105. The van der Waals surface area contributed by atoms with E-state index < -0.39 is 16.9 Å². The number of ether oxygens (including phenoxy) is 1. The van der Waals surface area contributed by atoms with Gasteiger partial charge in [-0.25, -0.2) is 0 Å². The first kappa shape index (κ1) is 15.1. The van der Waals surface area contributed by atoms with Crippen LogP contribution in [-0.4, -0.2) is 23.5 Å². The molecule has 1 aliphatic heterocycles. The monoisotopic (exact) mass is 333 g/mol. The molecule has 0 fully saturated rings. The maximum Gasteiger partial charge on any atom is 0.271 e. The number of nitro benzene ring substituents is 1. The van der Waals surface area contributed by atoms with E-state index in [2.05, 4.69) is 0 Å². The molecule has 0 aliphatic carbocycles. The lowest BCUT2D eigenvalue weighted by atomic mass is 10.1. The van der Waals surface area contributed by atoms with Gasteiger partial charge in [-0.2, -0.15) is 0 Å². The number of primary amides is 1. The van der Waals surface area contributed by atoms with E-state index in [1.54, 1.807) is 23.1 Å². The van der Waals surface area contributed by atoms with Gasteiger partial charge < -0.3 is 15.4 Å². The largest absolute Gasteiger partial charge is 0.477 e. The Labute approximate surface area is 136 Å². The molecule has 3 rings (SSSR count). The van der Waals surface area contributed by atoms with Gasteiger partial charge in [-0.3, -0.25) is 14.9 Å². The van der Waals surface area contributed by atoms with Crippen LogP contribution >= 0.6 is 11.6 Å². The number of nitrogens with zero attached hydrogens (tertiary/aromatic N) is 2. The molecular formula is C15H12ClN3O4. The number of para-hydroxylation sites is 2. The fourth-order valence-corrected chi connectivity index (χ4v) is 2.72. The summed E-state index contributed by atoms with van der Waals surface area (Å²) in [5.74, 6) is -0.0977. The van der Waals surface area contributed by atoms with Crippen molar-refractivity contribution in [1.82, 2.24) is 0 Å². The molecule has 2 N–H and O–H groups in total. The number of fused-ring (bicyclic) bond motifs is 1. The molecule has 1 aliphatic rings. The van der Waals surface area contributed by atoms with Gasteiger partial charge in [-0.15, -0.1) is 0 Å². The molecule has 8 heteroatoms. The first-order valence-electron chi connectivity index (χ1n) is 6.74. The SMILES string of the molecule is NC(=O)[C@@H]1CN(c2ccc([N+](=O)[O-])cc2Cl)c2ccccc2O1. The van der Waals surface area contributed by atoms with Crippen LogP contribution in [0.15, 0.2) is 42.5 Å². The lowest BCUT2D eigenvalue weighted by molar-refractivity contribution is -0.384. The van der Waals surface area contributed by atoms with Crippen molar-refractivity contribution in [2.75, 3.05) is 11.4 Å². The number of nitro groups is 1. The Balaban J connectivity index is 2.07. The number of hydrogen-bond acceptors (Lipinski definition) is 5. The Kier molecular flexibility index (Phi) is 3.79. The van der Waals surface area contributed by atoms with Gasteiger partial charge in [0.2, 0.25) is 0 Å². The van der Waals surface area contributed by atoms with Crippen molar-refractivity contribution in [3.8, 4) is 5.75 Å². The third-order valence-corrected chi connectivity index (χ3v) is 3.83. The van der Waals surface area contributed by atoms with Gasteiger partial charge in [0.25, 0.3) is 11.6 Å². The van der Waals surface area contributed by atoms with Gasteiger partial charge >= 0.3 is 0 Å². The molecular weight excluding hydrogens is 322 g/mol. The van der Waals surface area contributed by atoms with Crippen LogP contribution in [0, 0.1) is 10.1 Å². The summed E-state index contributed by atoms with van der Waals surface area (Å²) in [6, 6.07) is 11.3. The Morgan fingerprint density at radius 1 is 1.30 bits per heavy atom. The molecule has 0 saturated carbocycles. The van der Waals surface area contributed by atoms with Crippen molar-refractivity contribution in [2.24, 2.45) is 5.73 Å². The molecule has 1 amide bonds. The average Bonchev–Trinajstić information content (AvgIpc) is 2.53. The third kappa shape index (κ3) is 2.78. The van der Waals surface area contributed by atoms with E-state index in [1.807, 2.05) is 12.1 Å². The number of benzene rings is 2. The van der Waals surface area contributed by atoms with Crippen molar-refractivity contribution in [3.63, 3.8) is 0 Å². The van der Waals surface area contributed by atoms with Crippen LogP contribution in [0.25, 0.3) is 0 Å². The van der Waals surface area contributed by atoms with E-state index in [4.69, 9.17) is 22.1 Å². The number of amides is 1. The van der Waals surface area contributed by atoms with E-state index in [0.717, 1.165) is 0 Å². The molecule has 2 aromatic rings. The second-order valence-electron chi connectivity index (χ2n) is 4.98. The third-order valence-electron chi connectivity index (χ3n) is 3.52. The molecule has 0 aromatic heterocycles. The Hall–Kier alpha value is -2.80. The minimum atomic E-state index is -0.837. The lowest BCUT2D eigenvalue weighted by Gasteiger charge is -2.35. The molecule has 2 aromatic carbocycles. The number of rotatable bonds is 3. The zero-order valence-electron chi connectivity index (χ0n) is 11.8. The second-order valence-corrected chi connectivity index (χ2v) is 5.39. The molecule has 0 radical (unpaired) electrons. The van der Waals surface area contributed by atoms with E-state index in [1.165, 1.54) is 12.1 Å². The van der Waals surface area contributed by atoms with Crippen molar-refractivity contribution < 1.29 is 14.5 Å². The molecule has 1 atom stereocenters. The van der Waals surface area contributed by atoms with Crippen molar-refractivity contribution in [1.29, 1.82) is 0 Å². The summed E-state index contributed by atoms with van der Waals surface area (Å²) in [4.78, 5) is 23.6. The second kappa shape index (κ2) is 5.77. The summed E-state index contributed by atoms with van der Waals surface area (Å²) in [6.07, 6.45) is -0.837. The summed E-state index contributed by atoms with van der Waals surface area (Å²) in [5, 5.41) is 11.0. The number of halogens is 1. The number of carbonyl (C=O) groups is 1. The van der Waals surface area contributed by atoms with E-state index in [9.17, 15) is 14.9 Å². The van der Waals surface area contributed by atoms with Crippen molar-refractivity contribution in [2.45, 2.75) is 6.10 Å². The van der Waals surface area contributed by atoms with Crippen LogP contribution in [0.3, 0.4) is 0 Å². The normalized spacial score (nSPS) is 16.4. The molecule has 23 heavy (non-hydrogen) atoms. The topological polar surface area (TPSA) is 98.7 Å². The standard InChI is InChI=1S/C15H12ClN3O4/c16-10-7-9(19(21)22)5-6-11(10)18-8-14(15(17)20)23-13-4-2-1-3-12(13)18/h1-7,14H,8H2,(H2,17,20)/t14-/m0/s1.